The fourth-order valence-electron chi connectivity index (χ4n) is 4.24. The molecule has 1 N–H and O–H groups in total. The number of benzene rings is 2. The molecule has 0 bridgehead atoms. The SMILES string of the molecule is Cc1cc(/C=C(\C#N)C(=O)Nc2ccc(Cl)cc2)c(C)n1-c1ccc(N2CCOCC2)c([N+](=O)[O-])c1. The number of nitro benzene ring substituents is 1. The molecular formula is C26H24ClN5O4. The molecule has 0 radical (unpaired) electrons. The Morgan fingerprint density at radius 3 is 2.50 bits per heavy atom. The summed E-state index contributed by atoms with van der Waals surface area (Å²) in [5.74, 6) is -0.546. The van der Waals surface area contributed by atoms with Gasteiger partial charge < -0.3 is 19.5 Å². The first kappa shape index (κ1) is 25.0. The van der Waals surface area contributed by atoms with Crippen LogP contribution in [0.5, 0.6) is 0 Å². The van der Waals surface area contributed by atoms with E-state index in [1.807, 2.05) is 41.5 Å². The van der Waals surface area contributed by atoms with Gasteiger partial charge in [0.1, 0.15) is 17.3 Å². The fourth-order valence-corrected chi connectivity index (χ4v) is 4.36. The Kier molecular flexibility index (Phi) is 7.38. The van der Waals surface area contributed by atoms with Crippen molar-refractivity contribution in [2.24, 2.45) is 0 Å². The fraction of sp³-hybridized carbons (Fsp3) is 0.231. The van der Waals surface area contributed by atoms with E-state index >= 15 is 0 Å². The number of ether oxygens (including phenoxy) is 1. The van der Waals surface area contributed by atoms with E-state index in [4.69, 9.17) is 16.3 Å². The van der Waals surface area contributed by atoms with Gasteiger partial charge in [-0.1, -0.05) is 11.6 Å². The van der Waals surface area contributed by atoms with Crippen LogP contribution in [-0.4, -0.2) is 41.7 Å². The minimum Gasteiger partial charge on any atom is -0.378 e. The number of amides is 1. The predicted molar refractivity (Wildman–Crippen MR) is 139 cm³/mol. The standard InChI is InChI=1S/C26H24ClN5O4/c1-17-13-19(14-20(16-28)26(33)29-22-5-3-21(27)4-6-22)18(2)31(17)23-7-8-24(25(15-23)32(34)35)30-9-11-36-12-10-30/h3-8,13-15H,9-12H2,1-2H3,(H,29,33)/b20-14+. The second-order valence-corrected chi connectivity index (χ2v) is 8.76. The van der Waals surface area contributed by atoms with Crippen molar-refractivity contribution in [1.29, 1.82) is 5.26 Å². The summed E-state index contributed by atoms with van der Waals surface area (Å²) in [6.07, 6.45) is 1.51. The van der Waals surface area contributed by atoms with Crippen molar-refractivity contribution in [1.82, 2.24) is 4.57 Å². The summed E-state index contributed by atoms with van der Waals surface area (Å²) in [6.45, 7) is 5.93. The zero-order valence-electron chi connectivity index (χ0n) is 19.8. The third-order valence-electron chi connectivity index (χ3n) is 6.00. The van der Waals surface area contributed by atoms with Crippen molar-refractivity contribution in [2.45, 2.75) is 13.8 Å². The number of anilines is 2. The second kappa shape index (κ2) is 10.6. The summed E-state index contributed by atoms with van der Waals surface area (Å²) >= 11 is 5.88. The Hall–Kier alpha value is -4.13. The normalized spacial score (nSPS) is 13.8. The van der Waals surface area contributed by atoms with Gasteiger partial charge in [-0.25, -0.2) is 0 Å². The second-order valence-electron chi connectivity index (χ2n) is 8.32. The highest BCUT2D eigenvalue weighted by atomic mass is 35.5. The average molecular weight is 506 g/mol. The van der Waals surface area contributed by atoms with Crippen molar-refractivity contribution in [3.8, 4) is 11.8 Å². The minimum atomic E-state index is -0.546. The van der Waals surface area contributed by atoms with Crippen LogP contribution < -0.4 is 10.2 Å². The lowest BCUT2D eigenvalue weighted by Crippen LogP contribution is -2.36. The van der Waals surface area contributed by atoms with Gasteiger partial charge in [-0.3, -0.25) is 14.9 Å². The molecule has 1 aliphatic rings. The minimum absolute atomic E-state index is 0.0130. The summed E-state index contributed by atoms with van der Waals surface area (Å²) < 4.78 is 7.24. The molecule has 0 atom stereocenters. The smallest absolute Gasteiger partial charge is 0.294 e. The molecule has 1 amide bonds. The molecule has 36 heavy (non-hydrogen) atoms. The maximum absolute atomic E-state index is 12.7. The first-order chi connectivity index (χ1) is 17.3. The highest BCUT2D eigenvalue weighted by Crippen LogP contribution is 2.33. The molecule has 9 nitrogen and oxygen atoms in total. The summed E-state index contributed by atoms with van der Waals surface area (Å²) in [5.41, 5.74) is 3.85. The van der Waals surface area contributed by atoms with Crippen molar-refractivity contribution in [2.75, 3.05) is 36.5 Å². The molecule has 0 saturated carbocycles. The van der Waals surface area contributed by atoms with Crippen LogP contribution in [0.2, 0.25) is 5.02 Å². The molecule has 2 heterocycles. The maximum Gasteiger partial charge on any atom is 0.294 e. The summed E-state index contributed by atoms with van der Waals surface area (Å²) in [4.78, 5) is 26.2. The van der Waals surface area contributed by atoms with Crippen LogP contribution >= 0.6 is 11.6 Å². The molecule has 10 heteroatoms. The highest BCUT2D eigenvalue weighted by molar-refractivity contribution is 6.30. The molecule has 1 fully saturated rings. The van der Waals surface area contributed by atoms with Crippen molar-refractivity contribution >= 4 is 40.6 Å². The van der Waals surface area contributed by atoms with Crippen molar-refractivity contribution < 1.29 is 14.5 Å². The number of hydrogen-bond acceptors (Lipinski definition) is 6. The van der Waals surface area contributed by atoms with E-state index in [0.717, 1.165) is 11.4 Å². The lowest BCUT2D eigenvalue weighted by Gasteiger charge is -2.28. The van der Waals surface area contributed by atoms with Gasteiger partial charge in [0.2, 0.25) is 0 Å². The Morgan fingerprint density at radius 2 is 1.86 bits per heavy atom. The number of morpholine rings is 1. The monoisotopic (exact) mass is 505 g/mol. The number of carbonyl (C=O) groups excluding carboxylic acids is 1. The number of hydrogen-bond donors (Lipinski definition) is 1. The summed E-state index contributed by atoms with van der Waals surface area (Å²) in [6, 6.07) is 15.5. The summed E-state index contributed by atoms with van der Waals surface area (Å²) in [5, 5.41) is 24.7. The molecule has 1 aliphatic heterocycles. The van der Waals surface area contributed by atoms with Gasteiger partial charge in [0.05, 0.1) is 23.8 Å². The van der Waals surface area contributed by atoms with Crippen molar-refractivity contribution in [3.63, 3.8) is 0 Å². The topological polar surface area (TPSA) is 113 Å². The lowest BCUT2D eigenvalue weighted by molar-refractivity contribution is -0.384. The Morgan fingerprint density at radius 1 is 1.17 bits per heavy atom. The third-order valence-corrected chi connectivity index (χ3v) is 6.25. The number of aromatic nitrogens is 1. The maximum atomic E-state index is 12.7. The van der Waals surface area contributed by atoms with Gasteiger partial charge in [-0.05, 0) is 68.0 Å². The van der Waals surface area contributed by atoms with E-state index in [2.05, 4.69) is 5.32 Å². The number of rotatable bonds is 6. The number of halogens is 1. The quantitative estimate of drug-likeness (QED) is 0.217. The number of nitro groups is 1. The van der Waals surface area contributed by atoms with Crippen LogP contribution in [0.15, 0.2) is 54.1 Å². The van der Waals surface area contributed by atoms with E-state index in [0.29, 0.717) is 54.0 Å². The molecule has 0 unspecified atom stereocenters. The van der Waals surface area contributed by atoms with Crippen LogP contribution in [-0.2, 0) is 9.53 Å². The van der Waals surface area contributed by atoms with Crippen LogP contribution in [0.25, 0.3) is 11.8 Å². The first-order valence-electron chi connectivity index (χ1n) is 11.3. The van der Waals surface area contributed by atoms with Crippen LogP contribution in [0, 0.1) is 35.3 Å². The lowest BCUT2D eigenvalue weighted by atomic mass is 10.1. The van der Waals surface area contributed by atoms with Gasteiger partial charge in [0.15, 0.2) is 0 Å². The van der Waals surface area contributed by atoms with E-state index in [9.17, 15) is 20.2 Å². The number of carbonyl (C=O) groups is 1. The predicted octanol–water partition coefficient (Wildman–Crippen LogP) is 5.04. The van der Waals surface area contributed by atoms with E-state index in [-0.39, 0.29) is 16.2 Å². The Balaban J connectivity index is 1.66. The number of aryl methyl sites for hydroxylation is 1. The van der Waals surface area contributed by atoms with Gasteiger partial charge in [-0.2, -0.15) is 5.26 Å². The molecule has 1 saturated heterocycles. The molecule has 1 aromatic heterocycles. The largest absolute Gasteiger partial charge is 0.378 e. The Bertz CT molecular complexity index is 1380. The van der Waals surface area contributed by atoms with Gasteiger partial charge in [0, 0.05) is 41.3 Å². The van der Waals surface area contributed by atoms with Gasteiger partial charge in [-0.15, -0.1) is 0 Å². The van der Waals surface area contributed by atoms with E-state index < -0.39 is 5.91 Å². The van der Waals surface area contributed by atoms with Crippen LogP contribution in [0.1, 0.15) is 17.0 Å². The van der Waals surface area contributed by atoms with E-state index in [1.54, 1.807) is 36.4 Å². The number of nitrogens with one attached hydrogen (secondary N) is 1. The van der Waals surface area contributed by atoms with Gasteiger partial charge in [0.25, 0.3) is 11.6 Å². The molecule has 2 aromatic carbocycles. The van der Waals surface area contributed by atoms with Crippen LogP contribution in [0.3, 0.4) is 0 Å². The van der Waals surface area contributed by atoms with Crippen LogP contribution in [0.4, 0.5) is 17.1 Å². The molecule has 0 spiro atoms. The first-order valence-corrected chi connectivity index (χ1v) is 11.7. The summed E-state index contributed by atoms with van der Waals surface area (Å²) in [7, 11) is 0. The third kappa shape index (κ3) is 5.25. The number of nitrogens with zero attached hydrogens (tertiary/aromatic N) is 4. The number of nitriles is 1. The Labute approximate surface area is 213 Å². The van der Waals surface area contributed by atoms with Gasteiger partial charge >= 0.3 is 0 Å². The zero-order chi connectivity index (χ0) is 25.8. The molecule has 4 rings (SSSR count). The van der Waals surface area contributed by atoms with Crippen molar-refractivity contribution in [3.05, 3.63) is 86.2 Å². The van der Waals surface area contributed by atoms with E-state index in [1.165, 1.54) is 6.08 Å². The molecule has 184 valence electrons. The molecular weight excluding hydrogens is 482 g/mol. The zero-order valence-corrected chi connectivity index (χ0v) is 20.6. The average Bonchev–Trinajstić information content (AvgIpc) is 3.16. The highest BCUT2D eigenvalue weighted by Gasteiger charge is 2.23. The molecule has 0 aliphatic carbocycles. The molecule has 3 aromatic rings.